The maximum absolute atomic E-state index is 3.24. The first-order valence-electron chi connectivity index (χ1n) is 4.90. The second-order valence-electron chi connectivity index (χ2n) is 3.66. The largest absolute Gasteiger partial charge is 0.388 e. The Hall–Kier alpha value is -1.50. The summed E-state index contributed by atoms with van der Waals surface area (Å²) in [6.45, 7) is 4.33. The van der Waals surface area contributed by atoms with Gasteiger partial charge in [-0.2, -0.15) is 0 Å². The molecule has 0 saturated carbocycles. The average molecular weight is 185 g/mol. The molecule has 2 aromatic carbocycles. The van der Waals surface area contributed by atoms with Gasteiger partial charge in [0.1, 0.15) is 0 Å². The number of hydrogen-bond donors (Lipinski definition) is 1. The summed E-state index contributed by atoms with van der Waals surface area (Å²) < 4.78 is 0. The molecule has 0 aliphatic carbocycles. The maximum Gasteiger partial charge on any atom is 0.0420 e. The zero-order valence-corrected chi connectivity index (χ0v) is 8.89. The highest BCUT2D eigenvalue weighted by atomic mass is 14.8. The highest BCUT2D eigenvalue weighted by Crippen LogP contribution is 2.28. The molecule has 0 aliphatic rings. The third-order valence-electron chi connectivity index (χ3n) is 2.84. The Labute approximate surface area is 84.8 Å². The van der Waals surface area contributed by atoms with Gasteiger partial charge in [0.2, 0.25) is 0 Å². The zero-order valence-electron chi connectivity index (χ0n) is 8.89. The molecular weight excluding hydrogens is 170 g/mol. The summed E-state index contributed by atoms with van der Waals surface area (Å²) in [6.07, 6.45) is 0. The third-order valence-corrected chi connectivity index (χ3v) is 2.84. The van der Waals surface area contributed by atoms with Crippen molar-refractivity contribution in [3.05, 3.63) is 41.5 Å². The van der Waals surface area contributed by atoms with E-state index < -0.39 is 0 Å². The Bertz CT molecular complexity index is 472. The van der Waals surface area contributed by atoms with Crippen molar-refractivity contribution in [3.63, 3.8) is 0 Å². The molecule has 0 saturated heterocycles. The van der Waals surface area contributed by atoms with Gasteiger partial charge in [-0.25, -0.2) is 0 Å². The van der Waals surface area contributed by atoms with E-state index >= 15 is 0 Å². The lowest BCUT2D eigenvalue weighted by Gasteiger charge is -2.11. The topological polar surface area (TPSA) is 12.0 Å². The van der Waals surface area contributed by atoms with Crippen molar-refractivity contribution in [2.75, 3.05) is 12.4 Å². The van der Waals surface area contributed by atoms with Crippen molar-refractivity contribution in [1.29, 1.82) is 0 Å². The summed E-state index contributed by atoms with van der Waals surface area (Å²) in [4.78, 5) is 0. The molecule has 2 aromatic rings. The van der Waals surface area contributed by atoms with Crippen LogP contribution in [-0.4, -0.2) is 7.05 Å². The molecule has 0 fully saturated rings. The van der Waals surface area contributed by atoms with E-state index in [0.29, 0.717) is 0 Å². The molecule has 0 aromatic heterocycles. The SMILES string of the molecule is CNc1cc(C)c(C)c2ccccc12. The monoisotopic (exact) mass is 185 g/mol. The van der Waals surface area contributed by atoms with E-state index in [4.69, 9.17) is 0 Å². The molecule has 0 bridgehead atoms. The quantitative estimate of drug-likeness (QED) is 0.717. The van der Waals surface area contributed by atoms with E-state index in [9.17, 15) is 0 Å². The minimum atomic E-state index is 1.21. The fourth-order valence-electron chi connectivity index (χ4n) is 1.87. The first-order chi connectivity index (χ1) is 6.74. The smallest absolute Gasteiger partial charge is 0.0420 e. The lowest BCUT2D eigenvalue weighted by atomic mass is 9.99. The van der Waals surface area contributed by atoms with Gasteiger partial charge < -0.3 is 5.32 Å². The maximum atomic E-state index is 3.24. The van der Waals surface area contributed by atoms with Crippen molar-refractivity contribution in [1.82, 2.24) is 0 Å². The number of fused-ring (bicyclic) bond motifs is 1. The van der Waals surface area contributed by atoms with E-state index in [1.54, 1.807) is 0 Å². The van der Waals surface area contributed by atoms with E-state index in [1.165, 1.54) is 27.6 Å². The number of nitrogens with one attached hydrogen (secondary N) is 1. The molecular formula is C13H15N. The summed E-state index contributed by atoms with van der Waals surface area (Å²) in [5.41, 5.74) is 3.93. The van der Waals surface area contributed by atoms with Gasteiger partial charge in [-0.3, -0.25) is 0 Å². The number of anilines is 1. The van der Waals surface area contributed by atoms with Crippen LogP contribution in [0.25, 0.3) is 10.8 Å². The minimum Gasteiger partial charge on any atom is -0.388 e. The number of benzene rings is 2. The standard InChI is InChI=1S/C13H15N/c1-9-8-13(14-3)12-7-5-4-6-11(12)10(9)2/h4-8,14H,1-3H3. The van der Waals surface area contributed by atoms with Crippen molar-refractivity contribution >= 4 is 16.5 Å². The predicted molar refractivity (Wildman–Crippen MR) is 63.0 cm³/mol. The molecule has 0 spiro atoms. The molecule has 0 atom stereocenters. The highest BCUT2D eigenvalue weighted by Gasteiger charge is 2.04. The van der Waals surface area contributed by atoms with Crippen LogP contribution in [0.4, 0.5) is 5.69 Å². The Balaban J connectivity index is 2.89. The Morgan fingerprint density at radius 1 is 1.00 bits per heavy atom. The molecule has 0 unspecified atom stereocenters. The Morgan fingerprint density at radius 2 is 1.64 bits per heavy atom. The molecule has 1 nitrogen and oxygen atoms in total. The summed E-state index contributed by atoms with van der Waals surface area (Å²) in [6, 6.07) is 10.7. The molecule has 0 aliphatic heterocycles. The molecule has 1 N–H and O–H groups in total. The number of rotatable bonds is 1. The molecule has 0 heterocycles. The molecule has 14 heavy (non-hydrogen) atoms. The van der Waals surface area contributed by atoms with Crippen molar-refractivity contribution in [2.24, 2.45) is 0 Å². The van der Waals surface area contributed by atoms with Gasteiger partial charge in [-0.05, 0) is 36.4 Å². The fourth-order valence-corrected chi connectivity index (χ4v) is 1.87. The Morgan fingerprint density at radius 3 is 2.29 bits per heavy atom. The third kappa shape index (κ3) is 1.25. The van der Waals surface area contributed by atoms with E-state index in [0.717, 1.165) is 0 Å². The molecule has 1 heteroatoms. The van der Waals surface area contributed by atoms with Crippen LogP contribution in [0.1, 0.15) is 11.1 Å². The van der Waals surface area contributed by atoms with Crippen LogP contribution < -0.4 is 5.32 Å². The minimum absolute atomic E-state index is 1.21. The van der Waals surface area contributed by atoms with Gasteiger partial charge in [-0.1, -0.05) is 24.3 Å². The number of hydrogen-bond acceptors (Lipinski definition) is 1. The van der Waals surface area contributed by atoms with Crippen LogP contribution in [-0.2, 0) is 0 Å². The first kappa shape index (κ1) is 9.07. The van der Waals surface area contributed by atoms with Crippen LogP contribution in [0.15, 0.2) is 30.3 Å². The Kier molecular flexibility index (Phi) is 2.16. The fraction of sp³-hybridized carbons (Fsp3) is 0.231. The van der Waals surface area contributed by atoms with Crippen molar-refractivity contribution < 1.29 is 0 Å². The van der Waals surface area contributed by atoms with Crippen LogP contribution in [0.5, 0.6) is 0 Å². The second-order valence-corrected chi connectivity index (χ2v) is 3.66. The summed E-state index contributed by atoms with van der Waals surface area (Å²) in [5.74, 6) is 0. The summed E-state index contributed by atoms with van der Waals surface area (Å²) >= 11 is 0. The molecule has 0 amide bonds. The molecule has 72 valence electrons. The van der Waals surface area contributed by atoms with Crippen LogP contribution in [0, 0.1) is 13.8 Å². The van der Waals surface area contributed by atoms with E-state index in [-0.39, 0.29) is 0 Å². The van der Waals surface area contributed by atoms with Crippen LogP contribution in [0.3, 0.4) is 0 Å². The lowest BCUT2D eigenvalue weighted by Crippen LogP contribution is -1.93. The highest BCUT2D eigenvalue weighted by molar-refractivity contribution is 5.96. The van der Waals surface area contributed by atoms with Gasteiger partial charge in [0, 0.05) is 18.1 Å². The average Bonchev–Trinajstić information content (AvgIpc) is 2.23. The predicted octanol–water partition coefficient (Wildman–Crippen LogP) is 3.50. The first-order valence-corrected chi connectivity index (χ1v) is 4.90. The van der Waals surface area contributed by atoms with Gasteiger partial charge >= 0.3 is 0 Å². The second kappa shape index (κ2) is 3.33. The van der Waals surface area contributed by atoms with Crippen LogP contribution >= 0.6 is 0 Å². The van der Waals surface area contributed by atoms with Gasteiger partial charge in [0.05, 0.1) is 0 Å². The van der Waals surface area contributed by atoms with E-state index in [2.05, 4.69) is 49.5 Å². The number of aryl methyl sites for hydroxylation is 2. The molecule has 2 rings (SSSR count). The van der Waals surface area contributed by atoms with E-state index in [1.807, 2.05) is 7.05 Å². The molecule has 0 radical (unpaired) electrons. The van der Waals surface area contributed by atoms with Crippen molar-refractivity contribution in [2.45, 2.75) is 13.8 Å². The van der Waals surface area contributed by atoms with Crippen molar-refractivity contribution in [3.8, 4) is 0 Å². The summed E-state index contributed by atoms with van der Waals surface area (Å²) in [5, 5.41) is 5.89. The lowest BCUT2D eigenvalue weighted by molar-refractivity contribution is 1.37. The van der Waals surface area contributed by atoms with Gasteiger partial charge in [0.15, 0.2) is 0 Å². The van der Waals surface area contributed by atoms with Gasteiger partial charge in [0.25, 0.3) is 0 Å². The summed E-state index contributed by atoms with van der Waals surface area (Å²) in [7, 11) is 1.97. The zero-order chi connectivity index (χ0) is 10.1. The van der Waals surface area contributed by atoms with Gasteiger partial charge in [-0.15, -0.1) is 0 Å². The van der Waals surface area contributed by atoms with Crippen LogP contribution in [0.2, 0.25) is 0 Å². The normalized spacial score (nSPS) is 10.5.